The van der Waals surface area contributed by atoms with Crippen molar-refractivity contribution in [3.8, 4) is 0 Å². The summed E-state index contributed by atoms with van der Waals surface area (Å²) >= 11 is 5.74. The van der Waals surface area contributed by atoms with E-state index >= 15 is 0 Å². The van der Waals surface area contributed by atoms with Crippen LogP contribution in [0, 0.1) is 0 Å². The summed E-state index contributed by atoms with van der Waals surface area (Å²) in [5, 5.41) is 12.9. The van der Waals surface area contributed by atoms with Gasteiger partial charge in [-0.05, 0) is 19.1 Å². The van der Waals surface area contributed by atoms with E-state index in [4.69, 9.17) is 11.6 Å². The SMILES string of the molecule is CC(NS(=O)(=O)c1cccnc1Cl)c1nn[nH]n1. The largest absolute Gasteiger partial charge is 0.244 e. The van der Waals surface area contributed by atoms with Crippen LogP contribution in [-0.4, -0.2) is 34.0 Å². The Labute approximate surface area is 108 Å². The number of aromatic nitrogens is 5. The van der Waals surface area contributed by atoms with Gasteiger partial charge in [-0.15, -0.1) is 10.2 Å². The number of nitrogens with one attached hydrogen (secondary N) is 2. The van der Waals surface area contributed by atoms with Gasteiger partial charge in [-0.3, -0.25) is 0 Å². The van der Waals surface area contributed by atoms with Crippen LogP contribution in [0.3, 0.4) is 0 Å². The smallest absolute Gasteiger partial charge is 0.243 e. The molecule has 0 aliphatic rings. The van der Waals surface area contributed by atoms with Gasteiger partial charge < -0.3 is 0 Å². The Bertz CT molecular complexity index is 629. The number of sulfonamides is 1. The maximum Gasteiger partial charge on any atom is 0.244 e. The van der Waals surface area contributed by atoms with Crippen molar-refractivity contribution in [2.75, 3.05) is 0 Å². The topological polar surface area (TPSA) is 114 Å². The lowest BCUT2D eigenvalue weighted by Gasteiger charge is -2.11. The summed E-state index contributed by atoms with van der Waals surface area (Å²) in [6.07, 6.45) is 1.41. The number of halogens is 1. The predicted molar refractivity (Wildman–Crippen MR) is 62.2 cm³/mol. The molecule has 18 heavy (non-hydrogen) atoms. The average Bonchev–Trinajstić information content (AvgIpc) is 2.82. The van der Waals surface area contributed by atoms with E-state index in [1.165, 1.54) is 18.3 Å². The molecule has 0 aliphatic heterocycles. The van der Waals surface area contributed by atoms with Crippen LogP contribution in [0.15, 0.2) is 23.2 Å². The van der Waals surface area contributed by atoms with Crippen LogP contribution in [0.5, 0.6) is 0 Å². The molecular weight excluding hydrogens is 280 g/mol. The van der Waals surface area contributed by atoms with Crippen molar-refractivity contribution in [2.45, 2.75) is 17.9 Å². The number of hydrogen-bond acceptors (Lipinski definition) is 6. The van der Waals surface area contributed by atoms with E-state index in [0.29, 0.717) is 0 Å². The molecule has 2 heterocycles. The zero-order valence-corrected chi connectivity index (χ0v) is 10.8. The molecule has 0 fully saturated rings. The fourth-order valence-corrected chi connectivity index (χ4v) is 2.93. The van der Waals surface area contributed by atoms with Gasteiger partial charge in [0.1, 0.15) is 10.0 Å². The fourth-order valence-electron chi connectivity index (χ4n) is 1.27. The lowest BCUT2D eigenvalue weighted by Crippen LogP contribution is -2.28. The van der Waals surface area contributed by atoms with Crippen LogP contribution in [-0.2, 0) is 10.0 Å². The third kappa shape index (κ3) is 2.63. The quantitative estimate of drug-likeness (QED) is 0.782. The fraction of sp³-hybridized carbons (Fsp3) is 0.250. The van der Waals surface area contributed by atoms with E-state index in [0.717, 1.165) is 0 Å². The molecule has 0 aliphatic carbocycles. The van der Waals surface area contributed by atoms with E-state index in [9.17, 15) is 8.42 Å². The van der Waals surface area contributed by atoms with Crippen LogP contribution in [0.1, 0.15) is 18.8 Å². The molecule has 0 radical (unpaired) electrons. The first-order valence-electron chi connectivity index (χ1n) is 4.87. The first-order valence-corrected chi connectivity index (χ1v) is 6.73. The highest BCUT2D eigenvalue weighted by molar-refractivity contribution is 7.89. The Morgan fingerprint density at radius 2 is 2.28 bits per heavy atom. The van der Waals surface area contributed by atoms with Gasteiger partial charge >= 0.3 is 0 Å². The number of tetrazole rings is 1. The molecule has 0 spiro atoms. The van der Waals surface area contributed by atoms with Gasteiger partial charge in [0.05, 0.1) is 6.04 Å². The molecule has 8 nitrogen and oxygen atoms in total. The molecule has 2 aromatic heterocycles. The second kappa shape index (κ2) is 4.96. The number of rotatable bonds is 4. The number of H-pyrrole nitrogens is 1. The third-order valence-electron chi connectivity index (χ3n) is 2.10. The van der Waals surface area contributed by atoms with E-state index in [1.54, 1.807) is 6.92 Å². The molecule has 96 valence electrons. The predicted octanol–water partition coefficient (Wildman–Crippen LogP) is 0.288. The molecule has 0 bridgehead atoms. The summed E-state index contributed by atoms with van der Waals surface area (Å²) in [5.74, 6) is 0.235. The van der Waals surface area contributed by atoms with Crippen molar-refractivity contribution in [3.63, 3.8) is 0 Å². The van der Waals surface area contributed by atoms with Crippen molar-refractivity contribution < 1.29 is 8.42 Å². The highest BCUT2D eigenvalue weighted by Gasteiger charge is 2.23. The van der Waals surface area contributed by atoms with Gasteiger partial charge in [0.25, 0.3) is 0 Å². The summed E-state index contributed by atoms with van der Waals surface area (Å²) in [6, 6.07) is 2.21. The molecule has 2 rings (SSSR count). The lowest BCUT2D eigenvalue weighted by molar-refractivity contribution is 0.559. The maximum atomic E-state index is 12.0. The van der Waals surface area contributed by atoms with Gasteiger partial charge in [0.15, 0.2) is 5.82 Å². The Kier molecular flexibility index (Phi) is 3.55. The molecule has 0 amide bonds. The van der Waals surface area contributed by atoms with E-state index < -0.39 is 16.1 Å². The van der Waals surface area contributed by atoms with Gasteiger partial charge in [0.2, 0.25) is 10.0 Å². The van der Waals surface area contributed by atoms with Crippen LogP contribution < -0.4 is 4.72 Å². The molecule has 2 N–H and O–H groups in total. The van der Waals surface area contributed by atoms with E-state index in [1.807, 2.05) is 0 Å². The van der Waals surface area contributed by atoms with Gasteiger partial charge in [-0.25, -0.2) is 18.1 Å². The van der Waals surface area contributed by atoms with Crippen LogP contribution in [0.4, 0.5) is 0 Å². The van der Waals surface area contributed by atoms with Gasteiger partial charge in [-0.1, -0.05) is 16.8 Å². The molecular formula is C8H9ClN6O2S. The van der Waals surface area contributed by atoms with Gasteiger partial charge in [-0.2, -0.15) is 5.21 Å². The molecule has 0 saturated heterocycles. The summed E-state index contributed by atoms with van der Waals surface area (Å²) in [5.41, 5.74) is 0. The highest BCUT2D eigenvalue weighted by atomic mass is 35.5. The maximum absolute atomic E-state index is 12.0. The zero-order chi connectivity index (χ0) is 13.2. The standard InChI is InChI=1S/C8H9ClN6O2S/c1-5(8-11-14-15-12-8)13-18(16,17)6-3-2-4-10-7(6)9/h2-5,13H,1H3,(H,11,12,14,15). The minimum atomic E-state index is -3.78. The summed E-state index contributed by atoms with van der Waals surface area (Å²) in [4.78, 5) is 3.62. The Morgan fingerprint density at radius 3 is 2.89 bits per heavy atom. The van der Waals surface area contributed by atoms with Crippen LogP contribution in [0.2, 0.25) is 5.15 Å². The Hall–Kier alpha value is -1.58. The second-order valence-corrected chi connectivity index (χ2v) is 5.45. The lowest BCUT2D eigenvalue weighted by atomic mass is 10.4. The Morgan fingerprint density at radius 1 is 1.50 bits per heavy atom. The van der Waals surface area contributed by atoms with Crippen LogP contribution >= 0.6 is 11.6 Å². The van der Waals surface area contributed by atoms with Crippen molar-refractivity contribution in [1.82, 2.24) is 30.3 Å². The molecule has 1 atom stereocenters. The van der Waals surface area contributed by atoms with Crippen molar-refractivity contribution in [3.05, 3.63) is 29.3 Å². The Balaban J connectivity index is 2.26. The second-order valence-electron chi connectivity index (χ2n) is 3.41. The first kappa shape index (κ1) is 12.9. The minimum absolute atomic E-state index is 0.0923. The monoisotopic (exact) mass is 288 g/mol. The van der Waals surface area contributed by atoms with Crippen LogP contribution in [0.25, 0.3) is 0 Å². The number of aromatic amines is 1. The van der Waals surface area contributed by atoms with E-state index in [-0.39, 0.29) is 15.9 Å². The highest BCUT2D eigenvalue weighted by Crippen LogP contribution is 2.19. The zero-order valence-electron chi connectivity index (χ0n) is 9.20. The first-order chi connectivity index (χ1) is 8.50. The number of hydrogen-bond donors (Lipinski definition) is 2. The molecule has 0 aromatic carbocycles. The third-order valence-corrected chi connectivity index (χ3v) is 4.08. The van der Waals surface area contributed by atoms with Gasteiger partial charge in [0, 0.05) is 6.20 Å². The number of pyridine rings is 1. The molecule has 0 saturated carbocycles. The molecule has 10 heteroatoms. The molecule has 2 aromatic rings. The van der Waals surface area contributed by atoms with Crippen molar-refractivity contribution in [1.29, 1.82) is 0 Å². The van der Waals surface area contributed by atoms with E-state index in [2.05, 4.69) is 30.3 Å². The van der Waals surface area contributed by atoms with Crippen molar-refractivity contribution >= 4 is 21.6 Å². The molecule has 1 unspecified atom stereocenters. The number of nitrogens with zero attached hydrogens (tertiary/aromatic N) is 4. The minimum Gasteiger partial charge on any atom is -0.243 e. The summed E-state index contributed by atoms with van der Waals surface area (Å²) in [7, 11) is -3.78. The average molecular weight is 289 g/mol. The summed E-state index contributed by atoms with van der Waals surface area (Å²) < 4.78 is 26.5. The normalized spacial score (nSPS) is 13.4. The van der Waals surface area contributed by atoms with Crippen molar-refractivity contribution in [2.24, 2.45) is 0 Å². The summed E-state index contributed by atoms with van der Waals surface area (Å²) in [6.45, 7) is 1.59.